The van der Waals surface area contributed by atoms with E-state index in [0.717, 1.165) is 12.2 Å². The lowest BCUT2D eigenvalue weighted by atomic mass is 10.2. The average Bonchev–Trinajstić information content (AvgIpc) is 2.32. The second-order valence-electron chi connectivity index (χ2n) is 2.51. The fourth-order valence-corrected chi connectivity index (χ4v) is 1.00. The van der Waals surface area contributed by atoms with Crippen LogP contribution in [0.1, 0.15) is 18.3 Å². The Morgan fingerprint density at radius 1 is 1.67 bits per heavy atom. The van der Waals surface area contributed by atoms with Crippen molar-refractivity contribution < 1.29 is 9.90 Å². The first-order valence-electron chi connectivity index (χ1n) is 3.76. The van der Waals surface area contributed by atoms with Crippen molar-refractivity contribution >= 4 is 5.97 Å². The topological polar surface area (TPSA) is 68.0 Å². The van der Waals surface area contributed by atoms with Gasteiger partial charge in [0.25, 0.3) is 0 Å². The van der Waals surface area contributed by atoms with Crippen LogP contribution in [0.25, 0.3) is 0 Å². The number of hydrogen-bond donors (Lipinski definition) is 1. The van der Waals surface area contributed by atoms with Crippen molar-refractivity contribution in [1.82, 2.24) is 15.0 Å². The smallest absolute Gasteiger partial charge is 0.309 e. The van der Waals surface area contributed by atoms with Gasteiger partial charge < -0.3 is 5.11 Å². The molecule has 0 saturated carbocycles. The Balaban J connectivity index is 2.87. The van der Waals surface area contributed by atoms with Gasteiger partial charge in [-0.1, -0.05) is 5.21 Å². The van der Waals surface area contributed by atoms with Crippen LogP contribution in [0.5, 0.6) is 0 Å². The number of carboxylic acid groups (broad SMARTS) is 1. The van der Waals surface area contributed by atoms with E-state index in [-0.39, 0.29) is 6.42 Å². The van der Waals surface area contributed by atoms with Crippen molar-refractivity contribution in [1.29, 1.82) is 0 Å². The van der Waals surface area contributed by atoms with Gasteiger partial charge in [0.05, 0.1) is 17.8 Å². The molecular formula is C7H11N3O2. The standard InChI is InChI=1S/C7H11N3O2/c1-3-10-5(2)6(8-9-10)4-7(11)12/h3-4H2,1-2H3,(H,11,12). The maximum Gasteiger partial charge on any atom is 0.309 e. The fraction of sp³-hybridized carbons (Fsp3) is 0.571. The molecule has 1 heterocycles. The Morgan fingerprint density at radius 3 is 2.75 bits per heavy atom. The van der Waals surface area contributed by atoms with E-state index in [2.05, 4.69) is 10.3 Å². The van der Waals surface area contributed by atoms with Crippen LogP contribution < -0.4 is 0 Å². The number of aliphatic carboxylic acids is 1. The van der Waals surface area contributed by atoms with E-state index in [1.54, 1.807) is 4.68 Å². The van der Waals surface area contributed by atoms with Crippen molar-refractivity contribution in [3.63, 3.8) is 0 Å². The fourth-order valence-electron chi connectivity index (χ4n) is 1.00. The largest absolute Gasteiger partial charge is 0.481 e. The first kappa shape index (κ1) is 8.70. The van der Waals surface area contributed by atoms with E-state index in [4.69, 9.17) is 5.11 Å². The summed E-state index contributed by atoms with van der Waals surface area (Å²) < 4.78 is 1.68. The van der Waals surface area contributed by atoms with Crippen LogP contribution in [0.3, 0.4) is 0 Å². The molecule has 12 heavy (non-hydrogen) atoms. The molecule has 0 unspecified atom stereocenters. The molecule has 1 aromatic rings. The van der Waals surface area contributed by atoms with Crippen molar-refractivity contribution in [2.75, 3.05) is 0 Å². The van der Waals surface area contributed by atoms with Crippen LogP contribution in [0.2, 0.25) is 0 Å². The number of hydrogen-bond acceptors (Lipinski definition) is 3. The molecule has 0 spiro atoms. The Kier molecular flexibility index (Phi) is 2.42. The van der Waals surface area contributed by atoms with E-state index >= 15 is 0 Å². The minimum atomic E-state index is -0.874. The van der Waals surface area contributed by atoms with Crippen molar-refractivity contribution in [3.8, 4) is 0 Å². The minimum Gasteiger partial charge on any atom is -0.481 e. The number of carbonyl (C=O) groups is 1. The Bertz CT molecular complexity index is 293. The van der Waals surface area contributed by atoms with Gasteiger partial charge in [0.1, 0.15) is 0 Å². The molecular weight excluding hydrogens is 158 g/mol. The van der Waals surface area contributed by atoms with Crippen molar-refractivity contribution in [2.24, 2.45) is 0 Å². The molecule has 5 heteroatoms. The molecule has 0 bridgehead atoms. The zero-order valence-electron chi connectivity index (χ0n) is 7.11. The van der Waals surface area contributed by atoms with Crippen molar-refractivity contribution in [2.45, 2.75) is 26.8 Å². The third-order valence-corrected chi connectivity index (χ3v) is 1.70. The monoisotopic (exact) mass is 169 g/mol. The second kappa shape index (κ2) is 3.34. The molecule has 0 aliphatic rings. The lowest BCUT2D eigenvalue weighted by Gasteiger charge is -1.96. The summed E-state index contributed by atoms with van der Waals surface area (Å²) in [5.74, 6) is -0.874. The first-order valence-corrected chi connectivity index (χ1v) is 3.76. The summed E-state index contributed by atoms with van der Waals surface area (Å²) in [6.07, 6.45) is -0.0498. The molecule has 66 valence electrons. The molecule has 0 amide bonds. The number of carboxylic acids is 1. The van der Waals surface area contributed by atoms with Gasteiger partial charge in [0.2, 0.25) is 0 Å². The van der Waals surface area contributed by atoms with Gasteiger partial charge in [0, 0.05) is 6.54 Å². The van der Waals surface area contributed by atoms with E-state index in [9.17, 15) is 4.79 Å². The van der Waals surface area contributed by atoms with E-state index in [1.165, 1.54) is 0 Å². The SMILES string of the molecule is CCn1nnc(CC(=O)O)c1C. The quantitative estimate of drug-likeness (QED) is 0.703. The Morgan fingerprint density at radius 2 is 2.33 bits per heavy atom. The van der Waals surface area contributed by atoms with Crippen LogP contribution in [-0.2, 0) is 17.8 Å². The highest BCUT2D eigenvalue weighted by Crippen LogP contribution is 2.03. The van der Waals surface area contributed by atoms with Gasteiger partial charge in [-0.2, -0.15) is 0 Å². The van der Waals surface area contributed by atoms with Crippen LogP contribution >= 0.6 is 0 Å². The summed E-state index contributed by atoms with van der Waals surface area (Å²) in [6.45, 7) is 4.48. The molecule has 0 aromatic carbocycles. The maximum atomic E-state index is 10.3. The maximum absolute atomic E-state index is 10.3. The molecule has 0 aliphatic carbocycles. The lowest BCUT2D eigenvalue weighted by Crippen LogP contribution is -2.03. The van der Waals surface area contributed by atoms with Gasteiger partial charge in [-0.25, -0.2) is 4.68 Å². The number of aryl methyl sites for hydroxylation is 1. The third kappa shape index (κ3) is 1.61. The Hall–Kier alpha value is -1.39. The minimum absolute atomic E-state index is 0.0498. The predicted octanol–water partition coefficient (Wildman–Crippen LogP) is 0.234. The highest BCUT2D eigenvalue weighted by atomic mass is 16.4. The molecule has 1 aromatic heterocycles. The van der Waals surface area contributed by atoms with Gasteiger partial charge in [-0.05, 0) is 13.8 Å². The number of rotatable bonds is 3. The second-order valence-corrected chi connectivity index (χ2v) is 2.51. The lowest BCUT2D eigenvalue weighted by molar-refractivity contribution is -0.136. The first-order chi connectivity index (χ1) is 5.65. The van der Waals surface area contributed by atoms with Crippen molar-refractivity contribution in [3.05, 3.63) is 11.4 Å². The molecule has 0 fully saturated rings. The summed E-state index contributed by atoms with van der Waals surface area (Å²) >= 11 is 0. The van der Waals surface area contributed by atoms with Gasteiger partial charge in [-0.15, -0.1) is 5.10 Å². The third-order valence-electron chi connectivity index (χ3n) is 1.70. The molecule has 0 atom stereocenters. The van der Waals surface area contributed by atoms with Crippen LogP contribution in [0, 0.1) is 6.92 Å². The predicted molar refractivity (Wildman–Crippen MR) is 41.8 cm³/mol. The molecule has 0 aliphatic heterocycles. The molecule has 0 saturated heterocycles. The zero-order valence-corrected chi connectivity index (χ0v) is 7.11. The van der Waals surface area contributed by atoms with E-state index in [0.29, 0.717) is 5.69 Å². The normalized spacial score (nSPS) is 10.2. The summed E-state index contributed by atoms with van der Waals surface area (Å²) in [7, 11) is 0. The molecule has 5 nitrogen and oxygen atoms in total. The molecule has 0 radical (unpaired) electrons. The van der Waals surface area contributed by atoms with Gasteiger partial charge >= 0.3 is 5.97 Å². The summed E-state index contributed by atoms with van der Waals surface area (Å²) in [4.78, 5) is 10.3. The molecule has 1 N–H and O–H groups in total. The van der Waals surface area contributed by atoms with Crippen LogP contribution in [0.15, 0.2) is 0 Å². The van der Waals surface area contributed by atoms with E-state index in [1.807, 2.05) is 13.8 Å². The Labute approximate surface area is 70.0 Å². The summed E-state index contributed by atoms with van der Waals surface area (Å²) in [5.41, 5.74) is 1.38. The highest BCUT2D eigenvalue weighted by Gasteiger charge is 2.09. The van der Waals surface area contributed by atoms with E-state index < -0.39 is 5.97 Å². The highest BCUT2D eigenvalue weighted by molar-refractivity contribution is 5.69. The summed E-state index contributed by atoms with van der Waals surface area (Å²) in [5, 5.41) is 16.0. The van der Waals surface area contributed by atoms with Crippen LogP contribution in [-0.4, -0.2) is 26.1 Å². The number of nitrogens with zero attached hydrogens (tertiary/aromatic N) is 3. The van der Waals surface area contributed by atoms with Gasteiger partial charge in [0.15, 0.2) is 0 Å². The van der Waals surface area contributed by atoms with Crippen LogP contribution in [0.4, 0.5) is 0 Å². The molecule has 1 rings (SSSR count). The number of aromatic nitrogens is 3. The average molecular weight is 169 g/mol. The summed E-state index contributed by atoms with van der Waals surface area (Å²) in [6, 6.07) is 0. The van der Waals surface area contributed by atoms with Gasteiger partial charge in [-0.3, -0.25) is 4.79 Å². The zero-order chi connectivity index (χ0) is 9.14.